The third kappa shape index (κ3) is 16.4. The Morgan fingerprint density at radius 1 is 0.830 bits per heavy atom. The highest BCUT2D eigenvalue weighted by atomic mass is 32.2. The van der Waals surface area contributed by atoms with E-state index in [1.807, 2.05) is 0 Å². The van der Waals surface area contributed by atoms with E-state index in [0.29, 0.717) is 5.56 Å². The monoisotopic (exact) mass is 681 g/mol. The highest BCUT2D eigenvalue weighted by Gasteiger charge is 2.29. The van der Waals surface area contributed by atoms with Crippen molar-refractivity contribution in [2.45, 2.75) is 64.2 Å². The van der Waals surface area contributed by atoms with Crippen molar-refractivity contribution < 1.29 is 48.2 Å². The van der Waals surface area contributed by atoms with Crippen molar-refractivity contribution in [3.8, 4) is 5.75 Å². The minimum atomic E-state index is -1.47. The molecule has 0 aliphatic rings. The number of benzene rings is 1. The van der Waals surface area contributed by atoms with Crippen molar-refractivity contribution >= 4 is 58.3 Å². The van der Waals surface area contributed by atoms with Crippen molar-refractivity contribution in [1.82, 2.24) is 31.9 Å². The SMILES string of the molecule is CCOC(=O)CCSC(=O)C(C)NC(=O)[C@H](CC(N)=O)NC(=O)C(C)NC(=O)CNC(=O)C(Cc1ccc(O)cc1)NC(=O)CNC. The largest absolute Gasteiger partial charge is 0.508 e. The molecule has 4 atom stereocenters. The number of thioether (sulfide) groups is 1. The zero-order chi connectivity index (χ0) is 35.5. The highest BCUT2D eigenvalue weighted by Crippen LogP contribution is 2.12. The van der Waals surface area contributed by atoms with E-state index < -0.39 is 83.7 Å². The molecule has 0 aliphatic carbocycles. The summed E-state index contributed by atoms with van der Waals surface area (Å²) >= 11 is 0.802. The normalized spacial score (nSPS) is 13.1. The number of aromatic hydroxyl groups is 1. The van der Waals surface area contributed by atoms with Crippen molar-refractivity contribution in [3.63, 3.8) is 0 Å². The standard InChI is InChI=1S/C29H43N7O10S/c1-5-46-25(41)10-11-47-29(45)17(3)34-28(44)21(13-22(30)38)36-26(42)16(2)33-24(40)15-32-27(43)20(35-23(39)14-31-4)12-18-6-8-19(37)9-7-18/h6-9,16-17,20-21,31,37H,5,10-15H2,1-4H3,(H2,30,38)(H,32,43)(H,33,40)(H,34,44)(H,35,39)(H,36,42)/t16?,17?,20?,21-/m0/s1. The van der Waals surface area contributed by atoms with Crippen LogP contribution in [0.3, 0.4) is 0 Å². The van der Waals surface area contributed by atoms with Gasteiger partial charge in [-0.25, -0.2) is 0 Å². The Labute approximate surface area is 276 Å². The third-order valence-corrected chi connectivity index (χ3v) is 7.21. The average Bonchev–Trinajstić information content (AvgIpc) is 3.00. The Morgan fingerprint density at radius 2 is 1.47 bits per heavy atom. The zero-order valence-corrected chi connectivity index (χ0v) is 27.5. The summed E-state index contributed by atoms with van der Waals surface area (Å²) in [6.45, 7) is 3.91. The number of primary amides is 1. The maximum Gasteiger partial charge on any atom is 0.306 e. The quantitative estimate of drug-likeness (QED) is 0.0656. The second-order valence-electron chi connectivity index (χ2n) is 10.2. The maximum atomic E-state index is 12.9. The minimum Gasteiger partial charge on any atom is -0.508 e. The van der Waals surface area contributed by atoms with Crippen LogP contribution in [0.25, 0.3) is 0 Å². The fourth-order valence-electron chi connectivity index (χ4n) is 3.80. The first kappa shape index (κ1) is 40.3. The minimum absolute atomic E-state index is 0.00775. The molecule has 9 N–H and O–H groups in total. The molecular formula is C29H43N7O10S. The van der Waals surface area contributed by atoms with Gasteiger partial charge in [-0.05, 0) is 45.5 Å². The van der Waals surface area contributed by atoms with Gasteiger partial charge in [-0.3, -0.25) is 38.4 Å². The van der Waals surface area contributed by atoms with Gasteiger partial charge in [-0.1, -0.05) is 23.9 Å². The molecule has 1 rings (SSSR count). The van der Waals surface area contributed by atoms with Crippen LogP contribution >= 0.6 is 11.8 Å². The van der Waals surface area contributed by atoms with Gasteiger partial charge in [-0.2, -0.15) is 0 Å². The molecule has 0 spiro atoms. The van der Waals surface area contributed by atoms with Crippen LogP contribution in [-0.4, -0.2) is 108 Å². The summed E-state index contributed by atoms with van der Waals surface area (Å²) in [4.78, 5) is 98.5. The summed E-state index contributed by atoms with van der Waals surface area (Å²) < 4.78 is 4.79. The Bertz CT molecular complexity index is 1280. The number of nitrogens with two attached hydrogens (primary N) is 1. The molecule has 0 bridgehead atoms. The van der Waals surface area contributed by atoms with Gasteiger partial charge in [-0.15, -0.1) is 0 Å². The van der Waals surface area contributed by atoms with Gasteiger partial charge in [0, 0.05) is 12.2 Å². The van der Waals surface area contributed by atoms with Crippen LogP contribution in [0.5, 0.6) is 5.75 Å². The molecule has 0 aromatic heterocycles. The average molecular weight is 682 g/mol. The van der Waals surface area contributed by atoms with E-state index in [0.717, 1.165) is 11.8 Å². The molecule has 0 heterocycles. The predicted octanol–water partition coefficient (Wildman–Crippen LogP) is -2.66. The molecule has 1 aromatic carbocycles. The van der Waals surface area contributed by atoms with E-state index in [2.05, 4.69) is 31.9 Å². The van der Waals surface area contributed by atoms with Crippen LogP contribution in [0.15, 0.2) is 24.3 Å². The van der Waals surface area contributed by atoms with Crippen LogP contribution < -0.4 is 37.6 Å². The highest BCUT2D eigenvalue weighted by molar-refractivity contribution is 8.13. The fourth-order valence-corrected chi connectivity index (χ4v) is 4.58. The topological polar surface area (TPSA) is 264 Å². The number of amides is 6. The third-order valence-electron chi connectivity index (χ3n) is 6.17. The summed E-state index contributed by atoms with van der Waals surface area (Å²) in [6, 6.07) is 1.19. The lowest BCUT2D eigenvalue weighted by Gasteiger charge is -2.22. The van der Waals surface area contributed by atoms with Gasteiger partial charge in [0.1, 0.15) is 23.9 Å². The summed E-state index contributed by atoms with van der Waals surface area (Å²) in [5.41, 5.74) is 5.86. The van der Waals surface area contributed by atoms with Gasteiger partial charge in [0.15, 0.2) is 0 Å². The number of esters is 1. The van der Waals surface area contributed by atoms with E-state index >= 15 is 0 Å². The molecule has 0 aliphatic heterocycles. The predicted molar refractivity (Wildman–Crippen MR) is 170 cm³/mol. The zero-order valence-electron chi connectivity index (χ0n) is 26.7. The molecule has 6 amide bonds. The van der Waals surface area contributed by atoms with Crippen molar-refractivity contribution in [1.29, 1.82) is 0 Å². The van der Waals surface area contributed by atoms with Gasteiger partial charge >= 0.3 is 5.97 Å². The smallest absolute Gasteiger partial charge is 0.306 e. The molecule has 1 aromatic rings. The van der Waals surface area contributed by atoms with E-state index in [1.165, 1.54) is 26.0 Å². The molecule has 3 unspecified atom stereocenters. The number of phenolic OH excluding ortho intramolecular Hbond substituents is 1. The first-order valence-corrected chi connectivity index (χ1v) is 15.7. The molecule has 0 radical (unpaired) electrons. The second kappa shape index (κ2) is 21.2. The molecule has 0 saturated heterocycles. The number of rotatable bonds is 20. The first-order valence-electron chi connectivity index (χ1n) is 14.7. The Hall–Kier alpha value is -4.71. The number of phenols is 1. The number of likely N-dealkylation sites (N-methyl/N-ethyl adjacent to an activating group) is 1. The Balaban J connectivity index is 2.72. The number of carbonyl (C=O) groups excluding carboxylic acids is 8. The lowest BCUT2D eigenvalue weighted by molar-refractivity contribution is -0.142. The summed E-state index contributed by atoms with van der Waals surface area (Å²) in [5, 5.41) is 23.7. The van der Waals surface area contributed by atoms with Crippen LogP contribution in [0, 0.1) is 0 Å². The number of carbonyl (C=O) groups is 8. The van der Waals surface area contributed by atoms with Gasteiger partial charge in [0.25, 0.3) is 0 Å². The van der Waals surface area contributed by atoms with Gasteiger partial charge < -0.3 is 47.5 Å². The van der Waals surface area contributed by atoms with Crippen molar-refractivity contribution in [2.75, 3.05) is 32.5 Å². The van der Waals surface area contributed by atoms with Gasteiger partial charge in [0.05, 0.1) is 38.6 Å². The maximum absolute atomic E-state index is 12.9. The Morgan fingerprint density at radius 3 is 2.06 bits per heavy atom. The van der Waals surface area contributed by atoms with Crippen molar-refractivity contribution in [3.05, 3.63) is 29.8 Å². The lowest BCUT2D eigenvalue weighted by Crippen LogP contribution is -2.56. The number of nitrogens with one attached hydrogen (secondary N) is 6. The molecule has 0 fully saturated rings. The lowest BCUT2D eigenvalue weighted by atomic mass is 10.0. The van der Waals surface area contributed by atoms with E-state index in [-0.39, 0.29) is 37.5 Å². The van der Waals surface area contributed by atoms with E-state index in [4.69, 9.17) is 10.5 Å². The van der Waals surface area contributed by atoms with Crippen LogP contribution in [0.2, 0.25) is 0 Å². The number of ether oxygens (including phenoxy) is 1. The first-order chi connectivity index (χ1) is 22.2. The molecule has 18 heteroatoms. The van der Waals surface area contributed by atoms with Gasteiger partial charge in [0.2, 0.25) is 40.6 Å². The van der Waals surface area contributed by atoms with Crippen LogP contribution in [-0.2, 0) is 49.5 Å². The van der Waals surface area contributed by atoms with E-state index in [1.54, 1.807) is 26.1 Å². The number of hydrogen-bond acceptors (Lipinski definition) is 12. The van der Waals surface area contributed by atoms with Crippen molar-refractivity contribution in [2.24, 2.45) is 5.73 Å². The summed E-state index contributed by atoms with van der Waals surface area (Å²) in [5.74, 6) is -4.92. The molecule has 17 nitrogen and oxygen atoms in total. The molecule has 47 heavy (non-hydrogen) atoms. The molecule has 0 saturated carbocycles. The summed E-state index contributed by atoms with van der Waals surface area (Å²) in [7, 11) is 1.55. The van der Waals surface area contributed by atoms with E-state index in [9.17, 15) is 43.5 Å². The number of hydrogen-bond donors (Lipinski definition) is 8. The van der Waals surface area contributed by atoms with Crippen LogP contribution in [0.4, 0.5) is 0 Å². The molecular weight excluding hydrogens is 638 g/mol. The van der Waals surface area contributed by atoms with Crippen LogP contribution in [0.1, 0.15) is 39.2 Å². The summed E-state index contributed by atoms with van der Waals surface area (Å²) in [6.07, 6.45) is -0.555. The molecule has 260 valence electrons. The second-order valence-corrected chi connectivity index (χ2v) is 11.3. The fraction of sp³-hybridized carbons (Fsp3) is 0.517. The Kier molecular flexibility index (Phi) is 18.1.